The van der Waals surface area contributed by atoms with Crippen LogP contribution in [0, 0.1) is 6.92 Å². The first-order chi connectivity index (χ1) is 9.04. The van der Waals surface area contributed by atoms with Crippen LogP contribution in [-0.2, 0) is 13.0 Å². The van der Waals surface area contributed by atoms with Crippen LogP contribution in [0.4, 0.5) is 0 Å². The Labute approximate surface area is 132 Å². The van der Waals surface area contributed by atoms with E-state index in [4.69, 9.17) is 11.6 Å². The molecule has 0 amide bonds. The van der Waals surface area contributed by atoms with Gasteiger partial charge in [-0.2, -0.15) is 0 Å². The summed E-state index contributed by atoms with van der Waals surface area (Å²) in [4.78, 5) is 2.81. The van der Waals surface area contributed by atoms with Crippen molar-refractivity contribution in [2.75, 3.05) is 0 Å². The molecule has 2 rings (SSSR count). The van der Waals surface area contributed by atoms with Crippen molar-refractivity contribution in [1.29, 1.82) is 0 Å². The van der Waals surface area contributed by atoms with E-state index >= 15 is 0 Å². The maximum Gasteiger partial charge on any atom is 0.0410 e. The van der Waals surface area contributed by atoms with Crippen molar-refractivity contribution < 1.29 is 0 Å². The number of nitrogens with one attached hydrogen (secondary N) is 1. The Morgan fingerprint density at radius 2 is 2.11 bits per heavy atom. The number of thiophene rings is 1. The van der Waals surface area contributed by atoms with Crippen LogP contribution in [0.5, 0.6) is 0 Å². The van der Waals surface area contributed by atoms with Gasteiger partial charge in [0, 0.05) is 31.8 Å². The summed E-state index contributed by atoms with van der Waals surface area (Å²) in [6.07, 6.45) is 1.07. The normalized spacial score (nSPS) is 12.6. The molecule has 0 aliphatic heterocycles. The van der Waals surface area contributed by atoms with Gasteiger partial charge in [-0.15, -0.1) is 11.3 Å². The fourth-order valence-corrected chi connectivity index (χ4v) is 3.53. The molecule has 0 aliphatic rings. The minimum atomic E-state index is 0.448. The molecule has 0 spiro atoms. The molecule has 1 nitrogen and oxygen atoms in total. The maximum absolute atomic E-state index is 6.02. The number of hydrogen-bond donors (Lipinski definition) is 1. The van der Waals surface area contributed by atoms with Crippen LogP contribution in [0.25, 0.3) is 0 Å². The zero-order valence-electron chi connectivity index (χ0n) is 11.0. The molecule has 0 radical (unpaired) electrons. The number of rotatable bonds is 5. The van der Waals surface area contributed by atoms with Crippen LogP contribution in [-0.4, -0.2) is 6.04 Å². The monoisotopic (exact) mass is 357 g/mol. The van der Waals surface area contributed by atoms with Gasteiger partial charge >= 0.3 is 0 Å². The molecule has 1 aromatic heterocycles. The van der Waals surface area contributed by atoms with Gasteiger partial charge in [0.05, 0.1) is 0 Å². The third-order valence-corrected chi connectivity index (χ3v) is 4.98. The Balaban J connectivity index is 1.89. The molecule has 1 N–H and O–H groups in total. The zero-order chi connectivity index (χ0) is 13.8. The maximum atomic E-state index is 6.02. The highest BCUT2D eigenvalue weighted by molar-refractivity contribution is 9.10. The summed E-state index contributed by atoms with van der Waals surface area (Å²) in [6.45, 7) is 5.19. The van der Waals surface area contributed by atoms with Gasteiger partial charge in [0.2, 0.25) is 0 Å². The molecule has 1 heterocycles. The van der Waals surface area contributed by atoms with E-state index in [1.165, 1.54) is 15.3 Å². The van der Waals surface area contributed by atoms with Crippen molar-refractivity contribution in [2.45, 2.75) is 32.9 Å². The fourth-order valence-electron chi connectivity index (χ4n) is 1.93. The Hall–Kier alpha value is -0.350. The van der Waals surface area contributed by atoms with Gasteiger partial charge in [-0.3, -0.25) is 0 Å². The molecule has 4 heteroatoms. The summed E-state index contributed by atoms with van der Waals surface area (Å²) in [6, 6.07) is 10.7. The van der Waals surface area contributed by atoms with Crippen LogP contribution in [0.1, 0.15) is 22.2 Å². The molecule has 1 atom stereocenters. The second-order valence-corrected chi connectivity index (χ2v) is 7.40. The number of halogens is 2. The molecule has 0 aliphatic carbocycles. The largest absolute Gasteiger partial charge is 0.310 e. The van der Waals surface area contributed by atoms with Crippen LogP contribution in [0.15, 0.2) is 34.8 Å². The lowest BCUT2D eigenvalue weighted by atomic mass is 10.1. The topological polar surface area (TPSA) is 12.0 Å². The Morgan fingerprint density at radius 1 is 1.32 bits per heavy atom. The van der Waals surface area contributed by atoms with Crippen molar-refractivity contribution in [2.24, 2.45) is 0 Å². The van der Waals surface area contributed by atoms with E-state index < -0.39 is 0 Å². The van der Waals surface area contributed by atoms with Crippen molar-refractivity contribution in [3.63, 3.8) is 0 Å². The molecule has 1 aromatic carbocycles. The Bertz CT molecular complexity index is 553. The molecule has 2 aromatic rings. The van der Waals surface area contributed by atoms with Gasteiger partial charge in [0.25, 0.3) is 0 Å². The van der Waals surface area contributed by atoms with Crippen molar-refractivity contribution in [3.05, 3.63) is 55.1 Å². The highest BCUT2D eigenvalue weighted by Gasteiger charge is 2.07. The molecule has 0 saturated heterocycles. The van der Waals surface area contributed by atoms with Crippen LogP contribution < -0.4 is 5.32 Å². The minimum absolute atomic E-state index is 0.448. The van der Waals surface area contributed by atoms with E-state index in [0.29, 0.717) is 6.04 Å². The molecule has 1 unspecified atom stereocenters. The van der Waals surface area contributed by atoms with Gasteiger partial charge in [-0.05, 0) is 56.2 Å². The summed E-state index contributed by atoms with van der Waals surface area (Å²) in [5.74, 6) is 0. The minimum Gasteiger partial charge on any atom is -0.310 e. The Kier molecular flexibility index (Phi) is 5.46. The number of hydrogen-bond acceptors (Lipinski definition) is 2. The van der Waals surface area contributed by atoms with E-state index in [-0.39, 0.29) is 0 Å². The predicted molar refractivity (Wildman–Crippen MR) is 88.2 cm³/mol. The van der Waals surface area contributed by atoms with Gasteiger partial charge in [0.1, 0.15) is 0 Å². The summed E-state index contributed by atoms with van der Waals surface area (Å²) in [7, 11) is 0. The Morgan fingerprint density at radius 3 is 2.79 bits per heavy atom. The predicted octanol–water partition coefficient (Wildman–Crippen LogP) is 5.19. The standard InChI is InChI=1S/C15H17BrClNS/c1-10(7-14-5-3-11(2)19-14)18-9-12-8-13(17)4-6-15(12)16/h3-6,8,10,18H,7,9H2,1-2H3. The third kappa shape index (κ3) is 4.60. The number of benzene rings is 1. The summed E-state index contributed by atoms with van der Waals surface area (Å²) >= 11 is 11.4. The highest BCUT2D eigenvalue weighted by Crippen LogP contribution is 2.21. The van der Waals surface area contributed by atoms with E-state index in [1.54, 1.807) is 0 Å². The van der Waals surface area contributed by atoms with E-state index in [1.807, 2.05) is 29.5 Å². The summed E-state index contributed by atoms with van der Waals surface area (Å²) in [5.41, 5.74) is 1.20. The molecule has 0 saturated carbocycles. The second-order valence-electron chi connectivity index (χ2n) is 4.73. The molecular weight excluding hydrogens is 342 g/mol. The SMILES string of the molecule is Cc1ccc(CC(C)NCc2cc(Cl)ccc2Br)s1. The lowest BCUT2D eigenvalue weighted by Gasteiger charge is -2.14. The van der Waals surface area contributed by atoms with Crippen molar-refractivity contribution >= 4 is 38.9 Å². The lowest BCUT2D eigenvalue weighted by molar-refractivity contribution is 0.548. The third-order valence-electron chi connectivity index (χ3n) is 2.95. The summed E-state index contributed by atoms with van der Waals surface area (Å²) < 4.78 is 1.10. The number of aryl methyl sites for hydroxylation is 1. The first kappa shape index (κ1) is 15.0. The molecular formula is C15H17BrClNS. The smallest absolute Gasteiger partial charge is 0.0410 e. The van der Waals surface area contributed by atoms with Crippen LogP contribution >= 0.6 is 38.9 Å². The first-order valence-corrected chi connectivity index (χ1v) is 8.26. The first-order valence-electron chi connectivity index (χ1n) is 6.27. The van der Waals surface area contributed by atoms with E-state index in [9.17, 15) is 0 Å². The van der Waals surface area contributed by atoms with Gasteiger partial charge in [-0.1, -0.05) is 27.5 Å². The van der Waals surface area contributed by atoms with Crippen LogP contribution in [0.2, 0.25) is 5.02 Å². The van der Waals surface area contributed by atoms with Gasteiger partial charge in [0.15, 0.2) is 0 Å². The lowest BCUT2D eigenvalue weighted by Crippen LogP contribution is -2.27. The molecule has 0 bridgehead atoms. The quantitative estimate of drug-likeness (QED) is 0.775. The van der Waals surface area contributed by atoms with E-state index in [0.717, 1.165) is 22.5 Å². The van der Waals surface area contributed by atoms with Crippen molar-refractivity contribution in [1.82, 2.24) is 5.32 Å². The molecule has 102 valence electrons. The zero-order valence-corrected chi connectivity index (χ0v) is 14.2. The van der Waals surface area contributed by atoms with Gasteiger partial charge < -0.3 is 5.32 Å². The molecule has 0 fully saturated rings. The van der Waals surface area contributed by atoms with E-state index in [2.05, 4.69) is 47.2 Å². The fraction of sp³-hybridized carbons (Fsp3) is 0.333. The average Bonchev–Trinajstić information content (AvgIpc) is 2.76. The summed E-state index contributed by atoms with van der Waals surface area (Å²) in [5, 5.41) is 4.32. The highest BCUT2D eigenvalue weighted by atomic mass is 79.9. The average molecular weight is 359 g/mol. The molecule has 19 heavy (non-hydrogen) atoms. The van der Waals surface area contributed by atoms with Crippen LogP contribution in [0.3, 0.4) is 0 Å². The van der Waals surface area contributed by atoms with Crippen molar-refractivity contribution in [3.8, 4) is 0 Å². The second kappa shape index (κ2) is 6.89. The van der Waals surface area contributed by atoms with Gasteiger partial charge in [-0.25, -0.2) is 0 Å².